The van der Waals surface area contributed by atoms with Crippen LogP contribution in [-0.2, 0) is 14.3 Å². The number of amides is 1. The molecule has 0 saturated heterocycles. The van der Waals surface area contributed by atoms with Gasteiger partial charge < -0.3 is 41.2 Å². The van der Waals surface area contributed by atoms with E-state index in [-0.39, 0.29) is 12.5 Å². The highest BCUT2D eigenvalue weighted by molar-refractivity contribution is 7.97. The second-order valence-electron chi connectivity index (χ2n) is 5.78. The number of methoxy groups -OCH3 is 2. The number of hydrogen-bond acceptors (Lipinski definition) is 9. The van der Waals surface area contributed by atoms with Crippen LogP contribution in [0.25, 0.3) is 0 Å². The molecule has 200 valence electrons. The number of aliphatic hydroxyl groups excluding tert-OH is 1. The molecule has 0 aromatic rings. The third-order valence-corrected chi connectivity index (χ3v) is 1.15. The fourth-order valence-electron chi connectivity index (χ4n) is 0.362. The second-order valence-corrected chi connectivity index (χ2v) is 6.59. The molecule has 0 aliphatic rings. The zero-order chi connectivity index (χ0) is 26.9. The van der Waals surface area contributed by atoms with Gasteiger partial charge in [0.1, 0.15) is 0 Å². The van der Waals surface area contributed by atoms with Crippen molar-refractivity contribution in [3.63, 3.8) is 0 Å². The Balaban J connectivity index is -0.0000000328. The summed E-state index contributed by atoms with van der Waals surface area (Å²) in [6.07, 6.45) is 5.32. The summed E-state index contributed by atoms with van der Waals surface area (Å²) in [6.45, 7) is 8.30. The third-order valence-electron chi connectivity index (χ3n) is 1.15. The van der Waals surface area contributed by atoms with Crippen LogP contribution in [0, 0.1) is 0 Å². The summed E-state index contributed by atoms with van der Waals surface area (Å²) in [7, 11) is 18.4. The number of nitrogens with one attached hydrogen (secondary N) is 3. The highest BCUT2D eigenvalue weighted by atomic mass is 32.2. The predicted octanol–water partition coefficient (Wildman–Crippen LogP) is 1.21. The van der Waals surface area contributed by atoms with Gasteiger partial charge in [-0.1, -0.05) is 6.92 Å². The number of carbonyl (C=O) groups excluding carboxylic acids is 1. The Hall–Kier alpha value is -0.460. The minimum Gasteiger partial charge on any atom is -0.395 e. The van der Waals surface area contributed by atoms with Gasteiger partial charge in [0.15, 0.2) is 0 Å². The van der Waals surface area contributed by atoms with E-state index >= 15 is 0 Å². The van der Waals surface area contributed by atoms with Gasteiger partial charge in [0.25, 0.3) is 0 Å². The maximum absolute atomic E-state index is 9.22. The van der Waals surface area contributed by atoms with Crippen LogP contribution in [0.15, 0.2) is 0 Å². The summed E-state index contributed by atoms with van der Waals surface area (Å²) < 4.78 is 8.79. The Bertz CT molecular complexity index is 185. The molecule has 0 atom stereocenters. The molecule has 9 nitrogen and oxygen atoms in total. The van der Waals surface area contributed by atoms with Gasteiger partial charge in [0.05, 0.1) is 6.61 Å². The first-order chi connectivity index (χ1) is 14.4. The molecule has 0 rings (SSSR count). The van der Waals surface area contributed by atoms with Crippen molar-refractivity contribution in [3.05, 3.63) is 0 Å². The first kappa shape index (κ1) is 52.5. The SMILES string of the molecule is CC(N)=O.CCCNC.CCOC.CN(C)C.CNC.CNCCO.COC.CSC. The highest BCUT2D eigenvalue weighted by Crippen LogP contribution is 1.70. The van der Waals surface area contributed by atoms with Gasteiger partial charge in [-0.05, 0) is 81.7 Å². The average molecular weight is 480 g/mol. The maximum Gasteiger partial charge on any atom is 0.214 e. The van der Waals surface area contributed by atoms with E-state index in [9.17, 15) is 4.79 Å². The van der Waals surface area contributed by atoms with Crippen LogP contribution in [0.5, 0.6) is 0 Å². The van der Waals surface area contributed by atoms with Crippen molar-refractivity contribution in [2.24, 2.45) is 5.73 Å². The molecular weight excluding hydrogens is 418 g/mol. The molecule has 0 radical (unpaired) electrons. The summed E-state index contributed by atoms with van der Waals surface area (Å²) in [6, 6.07) is 0. The van der Waals surface area contributed by atoms with Gasteiger partial charge in [0.2, 0.25) is 5.91 Å². The molecule has 6 N–H and O–H groups in total. The van der Waals surface area contributed by atoms with E-state index in [0.29, 0.717) is 6.54 Å². The van der Waals surface area contributed by atoms with Crippen molar-refractivity contribution >= 4 is 17.7 Å². The lowest BCUT2D eigenvalue weighted by Gasteiger charge is -1.90. The molecule has 0 aliphatic heterocycles. The molecule has 0 heterocycles. The highest BCUT2D eigenvalue weighted by Gasteiger charge is 1.66. The number of rotatable bonds is 5. The van der Waals surface area contributed by atoms with E-state index in [1.165, 1.54) is 13.3 Å². The number of nitrogens with two attached hydrogens (primary N) is 1. The number of primary amides is 1. The Labute approximate surface area is 200 Å². The van der Waals surface area contributed by atoms with E-state index in [0.717, 1.165) is 13.2 Å². The molecule has 0 bridgehead atoms. The van der Waals surface area contributed by atoms with Gasteiger partial charge in [-0.2, -0.15) is 11.8 Å². The van der Waals surface area contributed by atoms with Gasteiger partial charge in [-0.3, -0.25) is 4.79 Å². The minimum atomic E-state index is -0.333. The number of nitrogens with zero attached hydrogens (tertiary/aromatic N) is 1. The lowest BCUT2D eigenvalue weighted by atomic mass is 10.5. The van der Waals surface area contributed by atoms with Crippen LogP contribution >= 0.6 is 11.8 Å². The molecule has 31 heavy (non-hydrogen) atoms. The number of carbonyl (C=O) groups is 1. The summed E-state index contributed by atoms with van der Waals surface area (Å²) >= 11 is 1.75. The predicted molar refractivity (Wildman–Crippen MR) is 145 cm³/mol. The summed E-state index contributed by atoms with van der Waals surface area (Å²) in [4.78, 5) is 11.2. The average Bonchev–Trinajstić information content (AvgIpc) is 2.65. The van der Waals surface area contributed by atoms with Crippen molar-refractivity contribution in [2.45, 2.75) is 27.2 Å². The molecule has 0 saturated carbocycles. The third kappa shape index (κ3) is 1090. The van der Waals surface area contributed by atoms with Crippen molar-refractivity contribution in [2.75, 3.05) is 109 Å². The smallest absolute Gasteiger partial charge is 0.214 e. The topological polar surface area (TPSA) is 121 Å². The van der Waals surface area contributed by atoms with Crippen LogP contribution in [0.1, 0.15) is 27.2 Å². The summed E-state index contributed by atoms with van der Waals surface area (Å²) in [5.74, 6) is -0.333. The quantitative estimate of drug-likeness (QED) is 0.396. The van der Waals surface area contributed by atoms with Crippen LogP contribution < -0.4 is 21.7 Å². The number of hydrogen-bond donors (Lipinski definition) is 5. The van der Waals surface area contributed by atoms with Crippen molar-refractivity contribution in [1.29, 1.82) is 0 Å². The molecule has 10 heteroatoms. The minimum absolute atomic E-state index is 0.233. The van der Waals surface area contributed by atoms with E-state index in [1.807, 2.05) is 66.6 Å². The second kappa shape index (κ2) is 88.0. The van der Waals surface area contributed by atoms with Crippen LogP contribution in [0.2, 0.25) is 0 Å². The zero-order valence-electron chi connectivity index (χ0n) is 23.6. The van der Waals surface area contributed by atoms with Crippen LogP contribution in [0.3, 0.4) is 0 Å². The normalized spacial score (nSPS) is 7.39. The fourth-order valence-corrected chi connectivity index (χ4v) is 0.362. The monoisotopic (exact) mass is 479 g/mol. The van der Waals surface area contributed by atoms with Gasteiger partial charge in [0, 0.05) is 41.4 Å². The first-order valence-corrected chi connectivity index (χ1v) is 11.7. The maximum atomic E-state index is 9.22. The van der Waals surface area contributed by atoms with Gasteiger partial charge >= 0.3 is 0 Å². The van der Waals surface area contributed by atoms with Crippen molar-refractivity contribution in [3.8, 4) is 0 Å². The van der Waals surface area contributed by atoms with Gasteiger partial charge in [-0.25, -0.2) is 0 Å². The van der Waals surface area contributed by atoms with E-state index < -0.39 is 0 Å². The molecule has 0 fully saturated rings. The molecule has 1 amide bonds. The number of thioether (sulfide) groups is 1. The lowest BCUT2D eigenvalue weighted by molar-refractivity contribution is -0.115. The van der Waals surface area contributed by atoms with Crippen LogP contribution in [-0.4, -0.2) is 125 Å². The van der Waals surface area contributed by atoms with E-state index in [4.69, 9.17) is 5.11 Å². The van der Waals surface area contributed by atoms with E-state index in [2.05, 4.69) is 38.1 Å². The number of ether oxygens (including phenoxy) is 2. The molecule has 0 spiro atoms. The molecular formula is C21H61N5O4S. The number of likely N-dealkylation sites (N-methyl/N-ethyl adjacent to an activating group) is 1. The van der Waals surface area contributed by atoms with E-state index in [1.54, 1.807) is 40.1 Å². The van der Waals surface area contributed by atoms with Crippen LogP contribution in [0.4, 0.5) is 0 Å². The standard InChI is InChI=1S/C4H11N.C3H9NO.C3H9N.C3H8O.C2H5NO.C2H7N.C2H6O.C2H6S/c1-3-4-5-2;1-4-2-3-5;1-4(2)3;1-3-4-2;1-2(3)4;3*1-3-2/h5H,3-4H2,1-2H3;4-5H,2-3H2,1H3;1-3H3;3H2,1-2H3;1H3,(H2,3,4);3H,1-2H3;2*1-2H3. The Kier molecular flexibility index (Phi) is 149. The largest absolute Gasteiger partial charge is 0.395 e. The fraction of sp³-hybridized carbons (Fsp3) is 0.952. The van der Waals surface area contributed by atoms with Crippen molar-refractivity contribution < 1.29 is 19.4 Å². The first-order valence-electron chi connectivity index (χ1n) is 10.1. The molecule has 0 aromatic carbocycles. The number of aliphatic hydroxyl groups is 1. The molecule has 0 aliphatic carbocycles. The Morgan fingerprint density at radius 2 is 1.16 bits per heavy atom. The molecule has 0 unspecified atom stereocenters. The Morgan fingerprint density at radius 3 is 1.16 bits per heavy atom. The van der Waals surface area contributed by atoms with Gasteiger partial charge in [-0.15, -0.1) is 0 Å². The molecule has 0 aromatic heterocycles. The Morgan fingerprint density at radius 1 is 0.968 bits per heavy atom. The summed E-state index contributed by atoms with van der Waals surface area (Å²) in [5, 5.41) is 16.5. The van der Waals surface area contributed by atoms with Crippen molar-refractivity contribution in [1.82, 2.24) is 20.9 Å². The summed E-state index contributed by atoms with van der Waals surface area (Å²) in [5.41, 5.74) is 4.47. The lowest BCUT2D eigenvalue weighted by Crippen LogP contribution is -2.10. The zero-order valence-corrected chi connectivity index (χ0v) is 24.5.